The van der Waals surface area contributed by atoms with Crippen LogP contribution in [0.1, 0.15) is 10.5 Å². The molecule has 2 aromatic rings. The van der Waals surface area contributed by atoms with Crippen molar-refractivity contribution < 1.29 is 14.1 Å². The summed E-state index contributed by atoms with van der Waals surface area (Å²) >= 11 is 5.72. The molecule has 0 fully saturated rings. The lowest BCUT2D eigenvalue weighted by Gasteiger charge is -2.05. The molecule has 0 aliphatic heterocycles. The molecule has 0 atom stereocenters. The predicted octanol–water partition coefficient (Wildman–Crippen LogP) is 3.03. The highest BCUT2D eigenvalue weighted by molar-refractivity contribution is 6.30. The van der Waals surface area contributed by atoms with Crippen molar-refractivity contribution in [1.82, 2.24) is 4.98 Å². The van der Waals surface area contributed by atoms with Crippen molar-refractivity contribution in [3.8, 4) is 0 Å². The van der Waals surface area contributed by atoms with Gasteiger partial charge in [-0.3, -0.25) is 19.9 Å². The molecule has 0 radical (unpaired) electrons. The average Bonchev–Trinajstić information content (AvgIpc) is 2.38. The number of rotatable bonds is 3. The molecule has 0 aliphatic carbocycles. The Morgan fingerprint density at radius 2 is 2.10 bits per heavy atom. The van der Waals surface area contributed by atoms with Crippen molar-refractivity contribution in [3.05, 3.63) is 63.2 Å². The molecule has 1 N–H and O–H groups in total. The van der Waals surface area contributed by atoms with E-state index >= 15 is 0 Å². The second kappa shape index (κ2) is 5.62. The maximum absolute atomic E-state index is 13.4. The highest BCUT2D eigenvalue weighted by Gasteiger charge is 2.15. The van der Waals surface area contributed by atoms with Gasteiger partial charge in [0.25, 0.3) is 5.91 Å². The number of anilines is 1. The molecule has 6 nitrogen and oxygen atoms in total. The van der Waals surface area contributed by atoms with Crippen molar-refractivity contribution in [2.45, 2.75) is 0 Å². The number of hydrogen-bond donors (Lipinski definition) is 1. The first kappa shape index (κ1) is 13.9. The van der Waals surface area contributed by atoms with Crippen LogP contribution >= 0.6 is 11.6 Å². The van der Waals surface area contributed by atoms with Gasteiger partial charge in [-0.1, -0.05) is 11.6 Å². The van der Waals surface area contributed by atoms with Gasteiger partial charge < -0.3 is 5.32 Å². The molecule has 8 heteroatoms. The van der Waals surface area contributed by atoms with E-state index in [1.54, 1.807) is 0 Å². The summed E-state index contributed by atoms with van der Waals surface area (Å²) in [5, 5.41) is 13.2. The van der Waals surface area contributed by atoms with Gasteiger partial charge in [0.15, 0.2) is 0 Å². The molecule has 1 aromatic carbocycles. The van der Waals surface area contributed by atoms with Crippen LogP contribution in [0.25, 0.3) is 0 Å². The molecule has 1 heterocycles. The van der Waals surface area contributed by atoms with Crippen LogP contribution in [0.2, 0.25) is 5.02 Å². The summed E-state index contributed by atoms with van der Waals surface area (Å²) in [4.78, 5) is 25.2. The SMILES string of the molecule is O=C(Nc1ccc([N+](=O)[O-])c(F)c1)c1cc(Cl)ccn1. The zero-order valence-corrected chi connectivity index (χ0v) is 10.6. The smallest absolute Gasteiger partial charge is 0.304 e. The van der Waals surface area contributed by atoms with Gasteiger partial charge in [0.1, 0.15) is 5.69 Å². The van der Waals surface area contributed by atoms with E-state index in [1.165, 1.54) is 24.4 Å². The molecule has 0 bridgehead atoms. The number of carbonyl (C=O) groups is 1. The summed E-state index contributed by atoms with van der Waals surface area (Å²) in [6, 6.07) is 5.91. The molecule has 0 aliphatic rings. The number of hydrogen-bond acceptors (Lipinski definition) is 4. The maximum Gasteiger partial charge on any atom is 0.304 e. The Balaban J connectivity index is 2.20. The largest absolute Gasteiger partial charge is 0.321 e. The van der Waals surface area contributed by atoms with Crippen molar-refractivity contribution in [1.29, 1.82) is 0 Å². The fourth-order valence-corrected chi connectivity index (χ4v) is 1.62. The van der Waals surface area contributed by atoms with Crippen LogP contribution in [0.5, 0.6) is 0 Å². The Kier molecular flexibility index (Phi) is 3.90. The fourth-order valence-electron chi connectivity index (χ4n) is 1.46. The first-order valence-electron chi connectivity index (χ1n) is 5.34. The average molecular weight is 296 g/mol. The second-order valence-corrected chi connectivity index (χ2v) is 4.17. The summed E-state index contributed by atoms with van der Waals surface area (Å²) in [6.07, 6.45) is 1.35. The fraction of sp³-hybridized carbons (Fsp3) is 0. The monoisotopic (exact) mass is 295 g/mol. The molecular formula is C12H7ClFN3O3. The van der Waals surface area contributed by atoms with Gasteiger partial charge in [-0.25, -0.2) is 0 Å². The number of aromatic nitrogens is 1. The number of amides is 1. The van der Waals surface area contributed by atoms with Gasteiger partial charge in [-0.05, 0) is 18.2 Å². The van der Waals surface area contributed by atoms with Crippen LogP contribution in [-0.2, 0) is 0 Å². The zero-order chi connectivity index (χ0) is 14.7. The zero-order valence-electron chi connectivity index (χ0n) is 9.84. The standard InChI is InChI=1S/C12H7ClFN3O3/c13-7-3-4-15-10(5-7)12(18)16-8-1-2-11(17(19)20)9(14)6-8/h1-6H,(H,16,18). The predicted molar refractivity (Wildman–Crippen MR) is 70.3 cm³/mol. The minimum absolute atomic E-state index is 0.0521. The van der Waals surface area contributed by atoms with E-state index in [0.717, 1.165) is 12.1 Å². The Bertz CT molecular complexity index is 693. The van der Waals surface area contributed by atoms with Crippen LogP contribution in [0.15, 0.2) is 36.5 Å². The number of nitro groups is 1. The molecular weight excluding hydrogens is 289 g/mol. The number of pyridine rings is 1. The summed E-state index contributed by atoms with van der Waals surface area (Å²) in [5.74, 6) is -1.63. The van der Waals surface area contributed by atoms with Crippen molar-refractivity contribution in [3.63, 3.8) is 0 Å². The number of benzene rings is 1. The Morgan fingerprint density at radius 1 is 1.35 bits per heavy atom. The highest BCUT2D eigenvalue weighted by Crippen LogP contribution is 2.21. The minimum atomic E-state index is -1.04. The van der Waals surface area contributed by atoms with Crippen LogP contribution in [0.3, 0.4) is 0 Å². The Hall–Kier alpha value is -2.54. The number of carbonyl (C=O) groups excluding carboxylic acids is 1. The van der Waals surface area contributed by atoms with E-state index in [2.05, 4.69) is 10.3 Å². The van der Waals surface area contributed by atoms with Gasteiger partial charge in [0.05, 0.1) is 4.92 Å². The van der Waals surface area contributed by atoms with E-state index in [0.29, 0.717) is 5.02 Å². The molecule has 0 saturated carbocycles. The van der Waals surface area contributed by atoms with Crippen LogP contribution < -0.4 is 5.32 Å². The van der Waals surface area contributed by atoms with E-state index in [-0.39, 0.29) is 11.4 Å². The summed E-state index contributed by atoms with van der Waals surface area (Å²) in [6.45, 7) is 0. The molecule has 1 aromatic heterocycles. The summed E-state index contributed by atoms with van der Waals surface area (Å²) < 4.78 is 13.4. The highest BCUT2D eigenvalue weighted by atomic mass is 35.5. The van der Waals surface area contributed by atoms with Crippen LogP contribution in [0.4, 0.5) is 15.8 Å². The topological polar surface area (TPSA) is 85.1 Å². The third kappa shape index (κ3) is 3.07. The molecule has 20 heavy (non-hydrogen) atoms. The second-order valence-electron chi connectivity index (χ2n) is 3.74. The normalized spacial score (nSPS) is 10.1. The van der Waals surface area contributed by atoms with Gasteiger partial charge in [-0.15, -0.1) is 0 Å². The van der Waals surface area contributed by atoms with E-state index in [9.17, 15) is 19.3 Å². The van der Waals surface area contributed by atoms with E-state index in [4.69, 9.17) is 11.6 Å². The van der Waals surface area contributed by atoms with Crippen molar-refractivity contribution in [2.24, 2.45) is 0 Å². The number of nitro benzene ring substituents is 1. The van der Waals surface area contributed by atoms with Crippen LogP contribution in [0, 0.1) is 15.9 Å². The Morgan fingerprint density at radius 3 is 2.70 bits per heavy atom. The summed E-state index contributed by atoms with van der Waals surface area (Å²) in [5.41, 5.74) is -0.528. The van der Waals surface area contributed by atoms with Gasteiger partial charge in [0, 0.05) is 29.0 Å². The third-order valence-electron chi connectivity index (χ3n) is 2.36. The van der Waals surface area contributed by atoms with E-state index < -0.39 is 22.3 Å². The number of halogens is 2. The van der Waals surface area contributed by atoms with Crippen LogP contribution in [-0.4, -0.2) is 15.8 Å². The number of nitrogens with one attached hydrogen (secondary N) is 1. The molecule has 0 spiro atoms. The first-order chi connectivity index (χ1) is 9.47. The number of nitrogens with zero attached hydrogens (tertiary/aromatic N) is 2. The minimum Gasteiger partial charge on any atom is -0.321 e. The third-order valence-corrected chi connectivity index (χ3v) is 2.59. The molecule has 2 rings (SSSR count). The molecule has 102 valence electrons. The molecule has 0 saturated heterocycles. The maximum atomic E-state index is 13.4. The lowest BCUT2D eigenvalue weighted by Crippen LogP contribution is -2.13. The quantitative estimate of drug-likeness (QED) is 0.696. The Labute approximate surface area is 117 Å². The first-order valence-corrected chi connectivity index (χ1v) is 5.72. The molecule has 1 amide bonds. The lowest BCUT2D eigenvalue weighted by atomic mass is 10.2. The summed E-state index contributed by atoms with van der Waals surface area (Å²) in [7, 11) is 0. The van der Waals surface area contributed by atoms with E-state index in [1.807, 2.05) is 0 Å². The lowest BCUT2D eigenvalue weighted by molar-refractivity contribution is -0.387. The van der Waals surface area contributed by atoms with Crippen molar-refractivity contribution >= 4 is 28.9 Å². The molecule has 0 unspecified atom stereocenters. The van der Waals surface area contributed by atoms with Gasteiger partial charge in [0.2, 0.25) is 5.82 Å². The van der Waals surface area contributed by atoms with Gasteiger partial charge >= 0.3 is 5.69 Å². The van der Waals surface area contributed by atoms with Gasteiger partial charge in [-0.2, -0.15) is 4.39 Å². The van der Waals surface area contributed by atoms with Crippen molar-refractivity contribution in [2.75, 3.05) is 5.32 Å².